The molecule has 0 aliphatic carbocycles. The van der Waals surface area contributed by atoms with E-state index in [1.807, 2.05) is 0 Å². The van der Waals surface area contributed by atoms with Crippen molar-refractivity contribution in [2.75, 3.05) is 13.2 Å². The zero-order valence-corrected chi connectivity index (χ0v) is 17.8. The number of rotatable bonds is 19. The lowest BCUT2D eigenvalue weighted by molar-refractivity contribution is -0.149. The Morgan fingerprint density at radius 3 is 1.78 bits per heavy atom. The second-order valence-electron chi connectivity index (χ2n) is 7.35. The number of esters is 2. The molecular weight excluding hydrogens is 340 g/mol. The van der Waals surface area contributed by atoms with Crippen molar-refractivity contribution in [3.05, 3.63) is 12.7 Å². The molecule has 0 saturated carbocycles. The minimum absolute atomic E-state index is 0.0388. The minimum Gasteiger partial charge on any atom is -0.465 e. The molecule has 4 heteroatoms. The number of unbranched alkanes of at least 4 members (excludes halogenated alkanes) is 9. The molecule has 1 atom stereocenters. The van der Waals surface area contributed by atoms with Crippen LogP contribution in [0.4, 0.5) is 0 Å². The van der Waals surface area contributed by atoms with E-state index in [0.717, 1.165) is 38.2 Å². The van der Waals surface area contributed by atoms with E-state index in [1.165, 1.54) is 51.4 Å². The Morgan fingerprint density at radius 1 is 0.741 bits per heavy atom. The maximum Gasteiger partial charge on any atom is 0.330 e. The summed E-state index contributed by atoms with van der Waals surface area (Å²) >= 11 is 0. The number of carbonyl (C=O) groups is 2. The predicted molar refractivity (Wildman–Crippen MR) is 112 cm³/mol. The van der Waals surface area contributed by atoms with Gasteiger partial charge in [0.05, 0.1) is 19.1 Å². The minimum atomic E-state index is -0.405. The molecule has 0 radical (unpaired) electrons. The summed E-state index contributed by atoms with van der Waals surface area (Å²) in [5.41, 5.74) is 0. The summed E-state index contributed by atoms with van der Waals surface area (Å²) in [4.78, 5) is 23.4. The van der Waals surface area contributed by atoms with E-state index in [9.17, 15) is 9.59 Å². The van der Waals surface area contributed by atoms with Gasteiger partial charge < -0.3 is 9.47 Å². The highest BCUT2D eigenvalue weighted by molar-refractivity contribution is 5.81. The average Bonchev–Trinajstić information content (AvgIpc) is 2.68. The van der Waals surface area contributed by atoms with Crippen LogP contribution in [0.15, 0.2) is 12.7 Å². The largest absolute Gasteiger partial charge is 0.465 e. The van der Waals surface area contributed by atoms with E-state index in [2.05, 4.69) is 20.4 Å². The maximum atomic E-state index is 12.4. The van der Waals surface area contributed by atoms with Crippen molar-refractivity contribution >= 4 is 11.9 Å². The topological polar surface area (TPSA) is 52.6 Å². The molecule has 0 amide bonds. The fourth-order valence-electron chi connectivity index (χ4n) is 3.10. The summed E-state index contributed by atoms with van der Waals surface area (Å²) in [6, 6.07) is 0. The van der Waals surface area contributed by atoms with Gasteiger partial charge in [-0.15, -0.1) is 0 Å². The Morgan fingerprint density at radius 2 is 1.22 bits per heavy atom. The van der Waals surface area contributed by atoms with E-state index < -0.39 is 5.97 Å². The van der Waals surface area contributed by atoms with Crippen LogP contribution in [-0.4, -0.2) is 25.2 Å². The molecule has 0 aromatic rings. The van der Waals surface area contributed by atoms with Crippen molar-refractivity contribution in [3.8, 4) is 0 Å². The molecule has 0 aliphatic rings. The summed E-state index contributed by atoms with van der Waals surface area (Å²) in [5, 5.41) is 0. The first-order valence-corrected chi connectivity index (χ1v) is 11.1. The van der Waals surface area contributed by atoms with E-state index >= 15 is 0 Å². The first-order valence-electron chi connectivity index (χ1n) is 11.1. The van der Waals surface area contributed by atoms with Crippen LogP contribution in [0.5, 0.6) is 0 Å². The van der Waals surface area contributed by atoms with Crippen LogP contribution >= 0.6 is 0 Å². The van der Waals surface area contributed by atoms with Crippen LogP contribution in [-0.2, 0) is 19.1 Å². The lowest BCUT2D eigenvalue weighted by atomic mass is 9.94. The summed E-state index contributed by atoms with van der Waals surface area (Å²) < 4.78 is 10.4. The van der Waals surface area contributed by atoms with E-state index in [4.69, 9.17) is 9.47 Å². The van der Waals surface area contributed by atoms with Crippen molar-refractivity contribution < 1.29 is 19.1 Å². The molecule has 0 heterocycles. The van der Waals surface area contributed by atoms with Gasteiger partial charge in [0, 0.05) is 6.08 Å². The van der Waals surface area contributed by atoms with Gasteiger partial charge in [-0.2, -0.15) is 0 Å². The zero-order chi connectivity index (χ0) is 20.2. The molecular formula is C23H42O4. The van der Waals surface area contributed by atoms with E-state index in [1.54, 1.807) is 0 Å². The Bertz CT molecular complexity index is 379. The highest BCUT2D eigenvalue weighted by Crippen LogP contribution is 2.20. The van der Waals surface area contributed by atoms with Crippen LogP contribution in [0.25, 0.3) is 0 Å². The molecule has 0 aromatic carbocycles. The summed E-state index contributed by atoms with van der Waals surface area (Å²) in [6.07, 6.45) is 16.7. The Hall–Kier alpha value is -1.32. The average molecular weight is 383 g/mol. The second kappa shape index (κ2) is 19.4. The van der Waals surface area contributed by atoms with Crippen LogP contribution in [0.2, 0.25) is 0 Å². The zero-order valence-electron chi connectivity index (χ0n) is 17.8. The van der Waals surface area contributed by atoms with Gasteiger partial charge in [0.1, 0.15) is 0 Å². The number of hydrogen-bond donors (Lipinski definition) is 0. The first-order chi connectivity index (χ1) is 13.2. The van der Waals surface area contributed by atoms with Gasteiger partial charge in [-0.3, -0.25) is 4.79 Å². The smallest absolute Gasteiger partial charge is 0.330 e. The fraction of sp³-hybridized carbons (Fsp3) is 0.826. The Labute approximate surface area is 167 Å². The summed E-state index contributed by atoms with van der Waals surface area (Å²) in [6.45, 7) is 8.54. The summed E-state index contributed by atoms with van der Waals surface area (Å²) in [7, 11) is 0. The van der Waals surface area contributed by atoms with Crippen molar-refractivity contribution in [3.63, 3.8) is 0 Å². The Kier molecular flexibility index (Phi) is 18.5. The SMILES string of the molecule is C=CC(=O)OCCCCOC(=O)C(CCCCCC)CCCCCCCC. The molecule has 0 rings (SSSR count). The predicted octanol–water partition coefficient (Wildman–Crippen LogP) is 6.38. The van der Waals surface area contributed by atoms with Crippen LogP contribution < -0.4 is 0 Å². The number of ether oxygens (including phenoxy) is 2. The van der Waals surface area contributed by atoms with Gasteiger partial charge >= 0.3 is 11.9 Å². The van der Waals surface area contributed by atoms with E-state index in [0.29, 0.717) is 19.6 Å². The maximum absolute atomic E-state index is 12.4. The molecule has 158 valence electrons. The van der Waals surface area contributed by atoms with Gasteiger partial charge in [0.15, 0.2) is 0 Å². The molecule has 4 nitrogen and oxygen atoms in total. The molecule has 1 unspecified atom stereocenters. The monoisotopic (exact) mass is 382 g/mol. The molecule has 27 heavy (non-hydrogen) atoms. The second-order valence-corrected chi connectivity index (χ2v) is 7.35. The lowest BCUT2D eigenvalue weighted by Crippen LogP contribution is -2.19. The van der Waals surface area contributed by atoms with Crippen LogP contribution in [0.1, 0.15) is 104 Å². The molecule has 0 fully saturated rings. The highest BCUT2D eigenvalue weighted by Gasteiger charge is 2.19. The summed E-state index contributed by atoms with van der Waals surface area (Å²) in [5.74, 6) is -0.396. The van der Waals surface area contributed by atoms with Crippen molar-refractivity contribution in [1.29, 1.82) is 0 Å². The third-order valence-corrected chi connectivity index (χ3v) is 4.84. The van der Waals surface area contributed by atoms with Gasteiger partial charge in [0.2, 0.25) is 0 Å². The molecule has 0 spiro atoms. The number of carbonyl (C=O) groups excluding carboxylic acids is 2. The third-order valence-electron chi connectivity index (χ3n) is 4.84. The van der Waals surface area contributed by atoms with Crippen molar-refractivity contribution in [2.24, 2.45) is 5.92 Å². The quantitative estimate of drug-likeness (QED) is 0.148. The van der Waals surface area contributed by atoms with Gasteiger partial charge in [-0.1, -0.05) is 84.6 Å². The van der Waals surface area contributed by atoms with Gasteiger partial charge in [0.25, 0.3) is 0 Å². The highest BCUT2D eigenvalue weighted by atomic mass is 16.5. The standard InChI is InChI=1S/C23H42O4/c1-4-7-9-11-12-14-18-21(17-13-10-8-5-2)23(25)27-20-16-15-19-26-22(24)6-3/h6,21H,3-5,7-20H2,1-2H3. The molecule has 0 saturated heterocycles. The van der Waals surface area contributed by atoms with Crippen LogP contribution in [0.3, 0.4) is 0 Å². The third kappa shape index (κ3) is 16.6. The van der Waals surface area contributed by atoms with E-state index in [-0.39, 0.29) is 11.9 Å². The van der Waals surface area contributed by atoms with Gasteiger partial charge in [-0.25, -0.2) is 4.79 Å². The molecule has 0 N–H and O–H groups in total. The van der Waals surface area contributed by atoms with Crippen molar-refractivity contribution in [2.45, 2.75) is 104 Å². The van der Waals surface area contributed by atoms with Crippen molar-refractivity contribution in [1.82, 2.24) is 0 Å². The normalized spacial score (nSPS) is 11.8. The molecule has 0 aromatic heterocycles. The fourth-order valence-corrected chi connectivity index (χ4v) is 3.10. The molecule has 0 aliphatic heterocycles. The lowest BCUT2D eigenvalue weighted by Gasteiger charge is -2.16. The number of hydrogen-bond acceptors (Lipinski definition) is 4. The van der Waals surface area contributed by atoms with Gasteiger partial charge in [-0.05, 0) is 25.7 Å². The first kappa shape index (κ1) is 25.7. The Balaban J connectivity index is 4.02. The molecule has 0 bridgehead atoms. The van der Waals surface area contributed by atoms with Crippen LogP contribution in [0, 0.1) is 5.92 Å².